The maximum Gasteiger partial charge on any atom is 0.304 e. The molecule has 1 aromatic rings. The van der Waals surface area contributed by atoms with E-state index in [1.54, 1.807) is 24.3 Å². The van der Waals surface area contributed by atoms with Crippen LogP contribution in [-0.2, 0) is 9.53 Å². The van der Waals surface area contributed by atoms with Crippen molar-refractivity contribution in [3.05, 3.63) is 34.9 Å². The van der Waals surface area contributed by atoms with Crippen molar-refractivity contribution in [2.45, 2.75) is 13.2 Å². The fourth-order valence-electron chi connectivity index (χ4n) is 0.948. The molecule has 1 rings (SSSR count). The first-order chi connectivity index (χ1) is 6.11. The Hall–Kier alpha value is -1.06. The van der Waals surface area contributed by atoms with Crippen LogP contribution in [0, 0.1) is 0 Å². The second-order valence-corrected chi connectivity index (χ2v) is 2.96. The van der Waals surface area contributed by atoms with E-state index in [1.807, 2.05) is 0 Å². The van der Waals surface area contributed by atoms with E-state index in [9.17, 15) is 4.79 Å². The highest BCUT2D eigenvalue weighted by molar-refractivity contribution is 6.31. The number of halogens is 1. The van der Waals surface area contributed by atoms with E-state index in [4.69, 9.17) is 22.1 Å². The molecule has 0 aliphatic rings. The Labute approximate surface area is 81.4 Å². The van der Waals surface area contributed by atoms with Crippen molar-refractivity contribution in [1.29, 1.82) is 0 Å². The van der Waals surface area contributed by atoms with Crippen LogP contribution >= 0.6 is 11.6 Å². The number of esters is 1. The highest BCUT2D eigenvalue weighted by Crippen LogP contribution is 2.21. The summed E-state index contributed by atoms with van der Waals surface area (Å²) in [4.78, 5) is 10.6. The van der Waals surface area contributed by atoms with Gasteiger partial charge in [-0.25, -0.2) is 0 Å². The van der Waals surface area contributed by atoms with E-state index in [-0.39, 0.29) is 0 Å². The molecule has 0 aliphatic heterocycles. The van der Waals surface area contributed by atoms with Gasteiger partial charge in [0.1, 0.15) is 0 Å². The second-order valence-electron chi connectivity index (χ2n) is 2.55. The van der Waals surface area contributed by atoms with Gasteiger partial charge in [-0.3, -0.25) is 10.5 Å². The fourth-order valence-corrected chi connectivity index (χ4v) is 1.19. The Morgan fingerprint density at radius 3 is 2.69 bits per heavy atom. The van der Waals surface area contributed by atoms with E-state index < -0.39 is 12.2 Å². The van der Waals surface area contributed by atoms with Crippen molar-refractivity contribution >= 4 is 17.6 Å². The maximum atomic E-state index is 10.6. The van der Waals surface area contributed by atoms with Crippen LogP contribution in [0.3, 0.4) is 0 Å². The number of nitrogens with two attached hydrogens (primary N) is 1. The highest BCUT2D eigenvalue weighted by atomic mass is 35.5. The lowest BCUT2D eigenvalue weighted by atomic mass is 10.2. The van der Waals surface area contributed by atoms with Crippen LogP contribution < -0.4 is 5.73 Å². The van der Waals surface area contributed by atoms with Crippen LogP contribution in [-0.4, -0.2) is 5.97 Å². The van der Waals surface area contributed by atoms with Crippen molar-refractivity contribution in [1.82, 2.24) is 0 Å². The Bertz CT molecular complexity index is 314. The summed E-state index contributed by atoms with van der Waals surface area (Å²) >= 11 is 5.83. The fraction of sp³-hybridized carbons (Fsp3) is 0.222. The lowest BCUT2D eigenvalue weighted by molar-refractivity contribution is -0.146. The van der Waals surface area contributed by atoms with Crippen LogP contribution in [0.4, 0.5) is 0 Å². The first-order valence-corrected chi connectivity index (χ1v) is 4.16. The van der Waals surface area contributed by atoms with Gasteiger partial charge in [0, 0.05) is 17.5 Å². The number of benzene rings is 1. The zero-order valence-electron chi connectivity index (χ0n) is 7.16. The van der Waals surface area contributed by atoms with Crippen LogP contribution in [0.15, 0.2) is 24.3 Å². The number of carbonyl (C=O) groups excluding carboxylic acids is 1. The lowest BCUT2D eigenvalue weighted by Gasteiger charge is -2.12. The predicted octanol–water partition coefficient (Wildman–Crippen LogP) is 1.86. The summed E-state index contributed by atoms with van der Waals surface area (Å²) < 4.78 is 4.77. The molecule has 4 heteroatoms. The molecule has 0 aliphatic carbocycles. The largest absolute Gasteiger partial charge is 0.443 e. The topological polar surface area (TPSA) is 52.3 Å². The number of ether oxygens (including phenoxy) is 1. The monoisotopic (exact) mass is 199 g/mol. The SMILES string of the molecule is CC(=O)OC(N)c1ccccc1Cl. The van der Waals surface area contributed by atoms with Gasteiger partial charge in [-0.15, -0.1) is 0 Å². The molecule has 0 radical (unpaired) electrons. The Morgan fingerprint density at radius 2 is 2.15 bits per heavy atom. The standard InChI is InChI=1S/C9H10ClNO2/c1-6(12)13-9(11)7-4-2-3-5-8(7)10/h2-5,9H,11H2,1H3. The minimum absolute atomic E-state index is 0.424. The van der Waals surface area contributed by atoms with Gasteiger partial charge in [0.05, 0.1) is 0 Å². The van der Waals surface area contributed by atoms with Crippen molar-refractivity contribution < 1.29 is 9.53 Å². The first-order valence-electron chi connectivity index (χ1n) is 3.78. The molecule has 13 heavy (non-hydrogen) atoms. The average Bonchev–Trinajstić information content (AvgIpc) is 2.03. The molecule has 0 saturated heterocycles. The van der Waals surface area contributed by atoms with Gasteiger partial charge in [0.25, 0.3) is 0 Å². The van der Waals surface area contributed by atoms with Gasteiger partial charge >= 0.3 is 5.97 Å². The van der Waals surface area contributed by atoms with E-state index in [0.29, 0.717) is 10.6 Å². The third-order valence-corrected chi connectivity index (χ3v) is 1.85. The van der Waals surface area contributed by atoms with Crippen molar-refractivity contribution in [3.63, 3.8) is 0 Å². The number of hydrogen-bond acceptors (Lipinski definition) is 3. The normalized spacial score (nSPS) is 12.2. The quantitative estimate of drug-likeness (QED) is 0.584. The second kappa shape index (κ2) is 4.25. The Kier molecular flexibility index (Phi) is 3.28. The van der Waals surface area contributed by atoms with Crippen molar-refractivity contribution in [2.75, 3.05) is 0 Å². The highest BCUT2D eigenvalue weighted by Gasteiger charge is 2.11. The third-order valence-electron chi connectivity index (χ3n) is 1.50. The molecule has 0 aromatic heterocycles. The summed E-state index contributed by atoms with van der Waals surface area (Å²) in [7, 11) is 0. The summed E-state index contributed by atoms with van der Waals surface area (Å²) in [5.74, 6) is -0.424. The molecule has 1 atom stereocenters. The third kappa shape index (κ3) is 2.72. The zero-order valence-corrected chi connectivity index (χ0v) is 7.91. The minimum Gasteiger partial charge on any atom is -0.443 e. The van der Waals surface area contributed by atoms with Crippen LogP contribution in [0.5, 0.6) is 0 Å². The van der Waals surface area contributed by atoms with Crippen molar-refractivity contribution in [3.8, 4) is 0 Å². The summed E-state index contributed by atoms with van der Waals surface area (Å²) in [5, 5.41) is 0.497. The minimum atomic E-state index is -0.786. The van der Waals surface area contributed by atoms with Gasteiger partial charge in [-0.1, -0.05) is 29.8 Å². The zero-order chi connectivity index (χ0) is 9.84. The molecule has 0 saturated carbocycles. The van der Waals surface area contributed by atoms with Gasteiger partial charge < -0.3 is 4.74 Å². The van der Waals surface area contributed by atoms with Gasteiger partial charge in [-0.05, 0) is 6.07 Å². The molecule has 0 heterocycles. The maximum absolute atomic E-state index is 10.6. The molecule has 0 fully saturated rings. The van der Waals surface area contributed by atoms with E-state index in [1.165, 1.54) is 6.92 Å². The van der Waals surface area contributed by atoms with Crippen LogP contribution in [0.2, 0.25) is 5.02 Å². The molecule has 1 aromatic carbocycles. The summed E-state index contributed by atoms with van der Waals surface area (Å²) in [6, 6.07) is 6.98. The molecular formula is C9H10ClNO2. The molecule has 70 valence electrons. The number of carbonyl (C=O) groups is 1. The Balaban J connectivity index is 2.82. The first kappa shape index (κ1) is 10.0. The van der Waals surface area contributed by atoms with E-state index in [2.05, 4.69) is 0 Å². The molecule has 0 bridgehead atoms. The van der Waals surface area contributed by atoms with Crippen molar-refractivity contribution in [2.24, 2.45) is 5.73 Å². The molecule has 3 nitrogen and oxygen atoms in total. The number of rotatable bonds is 2. The van der Waals surface area contributed by atoms with E-state index in [0.717, 1.165) is 0 Å². The lowest BCUT2D eigenvalue weighted by Crippen LogP contribution is -2.17. The Morgan fingerprint density at radius 1 is 1.54 bits per heavy atom. The predicted molar refractivity (Wildman–Crippen MR) is 50.1 cm³/mol. The van der Waals surface area contributed by atoms with E-state index >= 15 is 0 Å². The van der Waals surface area contributed by atoms with Gasteiger partial charge in [0.15, 0.2) is 6.23 Å². The summed E-state index contributed by atoms with van der Waals surface area (Å²) in [6.07, 6.45) is -0.786. The summed E-state index contributed by atoms with van der Waals surface area (Å²) in [6.45, 7) is 1.30. The average molecular weight is 200 g/mol. The molecule has 0 amide bonds. The number of hydrogen-bond donors (Lipinski definition) is 1. The molecule has 1 unspecified atom stereocenters. The van der Waals surface area contributed by atoms with Crippen LogP contribution in [0.1, 0.15) is 18.7 Å². The molecular weight excluding hydrogens is 190 g/mol. The van der Waals surface area contributed by atoms with Gasteiger partial charge in [-0.2, -0.15) is 0 Å². The molecule has 0 spiro atoms. The smallest absolute Gasteiger partial charge is 0.304 e. The summed E-state index contributed by atoms with van der Waals surface area (Å²) in [5.41, 5.74) is 6.18. The molecule has 2 N–H and O–H groups in total. The van der Waals surface area contributed by atoms with Gasteiger partial charge in [0.2, 0.25) is 0 Å². The van der Waals surface area contributed by atoms with Crippen LogP contribution in [0.25, 0.3) is 0 Å².